The Kier molecular flexibility index (Phi) is 6.14. The Morgan fingerprint density at radius 3 is 2.65 bits per heavy atom. The van der Waals surface area contributed by atoms with Gasteiger partial charge in [0.2, 0.25) is 17.6 Å². The van der Waals surface area contributed by atoms with Gasteiger partial charge in [-0.05, 0) is 36.8 Å². The number of carbonyl (C=O) groups excluding carboxylic acids is 1. The molecule has 0 aliphatic carbocycles. The molecule has 1 amide bonds. The first-order valence-electron chi connectivity index (χ1n) is 8.12. The molecule has 0 bridgehead atoms. The second-order valence-electron chi connectivity index (χ2n) is 5.73. The molecule has 0 spiro atoms. The molecule has 6 nitrogen and oxygen atoms in total. The van der Waals surface area contributed by atoms with E-state index in [-0.39, 0.29) is 12.5 Å². The van der Waals surface area contributed by atoms with E-state index in [2.05, 4.69) is 31.4 Å². The topological polar surface area (TPSA) is 77.2 Å². The number of ether oxygens (including phenoxy) is 1. The molecule has 26 heavy (non-hydrogen) atoms. The second-order valence-corrected chi connectivity index (χ2v) is 6.65. The van der Waals surface area contributed by atoms with Crippen molar-refractivity contribution in [2.45, 2.75) is 19.6 Å². The van der Waals surface area contributed by atoms with Crippen LogP contribution in [0.15, 0.2) is 63.6 Å². The number of hydrogen-bond acceptors (Lipinski definition) is 5. The van der Waals surface area contributed by atoms with Crippen LogP contribution in [0.5, 0.6) is 0 Å². The van der Waals surface area contributed by atoms with Crippen LogP contribution < -0.4 is 5.32 Å². The minimum Gasteiger partial charge on any atom is -0.367 e. The largest absolute Gasteiger partial charge is 0.367 e. The van der Waals surface area contributed by atoms with Crippen molar-refractivity contribution in [2.75, 3.05) is 6.61 Å². The molecule has 7 heteroatoms. The van der Waals surface area contributed by atoms with Crippen LogP contribution in [0.3, 0.4) is 0 Å². The number of rotatable bonds is 7. The van der Waals surface area contributed by atoms with E-state index in [1.807, 2.05) is 54.6 Å². The zero-order chi connectivity index (χ0) is 18.4. The van der Waals surface area contributed by atoms with Crippen LogP contribution in [0.4, 0.5) is 0 Å². The maximum absolute atomic E-state index is 12.0. The number of aromatic nitrogens is 2. The summed E-state index contributed by atoms with van der Waals surface area (Å²) in [7, 11) is 0. The molecule has 1 aromatic heterocycles. The van der Waals surface area contributed by atoms with Crippen molar-refractivity contribution in [3.05, 3.63) is 70.5 Å². The molecule has 1 atom stereocenters. The summed E-state index contributed by atoms with van der Waals surface area (Å²) >= 11 is 3.39. The summed E-state index contributed by atoms with van der Waals surface area (Å²) in [6.45, 7) is 2.14. The van der Waals surface area contributed by atoms with Crippen LogP contribution in [0.1, 0.15) is 24.4 Å². The maximum atomic E-state index is 12.0. The number of benzene rings is 2. The summed E-state index contributed by atoms with van der Waals surface area (Å²) in [5.41, 5.74) is 1.86. The fourth-order valence-corrected chi connectivity index (χ4v) is 2.57. The quantitative estimate of drug-likeness (QED) is 0.633. The lowest BCUT2D eigenvalue weighted by Crippen LogP contribution is -2.30. The summed E-state index contributed by atoms with van der Waals surface area (Å²) in [5.74, 6) is 0.588. The Balaban J connectivity index is 1.50. The summed E-state index contributed by atoms with van der Waals surface area (Å²) in [5, 5.41) is 6.75. The van der Waals surface area contributed by atoms with Gasteiger partial charge in [0.15, 0.2) is 0 Å². The van der Waals surface area contributed by atoms with Crippen LogP contribution in [0.25, 0.3) is 11.4 Å². The van der Waals surface area contributed by atoms with Crippen molar-refractivity contribution < 1.29 is 14.1 Å². The predicted octanol–water partition coefficient (Wildman–Crippen LogP) is 3.89. The van der Waals surface area contributed by atoms with Gasteiger partial charge in [-0.3, -0.25) is 4.79 Å². The molecule has 0 aliphatic rings. The van der Waals surface area contributed by atoms with Crippen molar-refractivity contribution in [2.24, 2.45) is 0 Å². The zero-order valence-electron chi connectivity index (χ0n) is 14.2. The van der Waals surface area contributed by atoms with Gasteiger partial charge in [0.1, 0.15) is 12.6 Å². The number of nitrogens with one attached hydrogen (secondary N) is 1. The standard InChI is InChI=1S/C19H18BrN3O3/c1-13(21-17(24)12-25-11-14-5-3-2-4-6-14)19-22-18(23-26-19)15-7-9-16(20)10-8-15/h2-10,13H,11-12H2,1H3,(H,21,24)/t13-/m1/s1. The molecule has 2 aromatic carbocycles. The van der Waals surface area contributed by atoms with Gasteiger partial charge in [0, 0.05) is 10.0 Å². The molecular formula is C19H18BrN3O3. The summed E-state index contributed by atoms with van der Waals surface area (Å²) in [6, 6.07) is 16.9. The monoisotopic (exact) mass is 415 g/mol. The molecule has 3 aromatic rings. The highest BCUT2D eigenvalue weighted by Crippen LogP contribution is 2.20. The van der Waals surface area contributed by atoms with Crippen molar-refractivity contribution in [1.29, 1.82) is 0 Å². The molecule has 0 unspecified atom stereocenters. The van der Waals surface area contributed by atoms with E-state index in [0.29, 0.717) is 18.3 Å². The third-order valence-electron chi connectivity index (χ3n) is 3.64. The van der Waals surface area contributed by atoms with Gasteiger partial charge in [-0.15, -0.1) is 0 Å². The first-order valence-corrected chi connectivity index (χ1v) is 8.91. The fourth-order valence-electron chi connectivity index (χ4n) is 2.31. The first kappa shape index (κ1) is 18.3. The highest BCUT2D eigenvalue weighted by atomic mass is 79.9. The molecular weight excluding hydrogens is 398 g/mol. The van der Waals surface area contributed by atoms with Crippen LogP contribution in [0, 0.1) is 0 Å². The molecule has 0 fully saturated rings. The minimum absolute atomic E-state index is 0.0348. The molecule has 0 saturated heterocycles. The van der Waals surface area contributed by atoms with Gasteiger partial charge in [-0.25, -0.2) is 0 Å². The fraction of sp³-hybridized carbons (Fsp3) is 0.211. The van der Waals surface area contributed by atoms with Crippen LogP contribution >= 0.6 is 15.9 Å². The molecule has 0 radical (unpaired) electrons. The van der Waals surface area contributed by atoms with Gasteiger partial charge in [0.05, 0.1) is 6.61 Å². The van der Waals surface area contributed by atoms with Crippen molar-refractivity contribution >= 4 is 21.8 Å². The lowest BCUT2D eigenvalue weighted by atomic mass is 10.2. The Hall–Kier alpha value is -2.51. The van der Waals surface area contributed by atoms with E-state index in [0.717, 1.165) is 15.6 Å². The van der Waals surface area contributed by atoms with E-state index in [1.165, 1.54) is 0 Å². The molecule has 0 aliphatic heterocycles. The Labute approximate surface area is 159 Å². The molecule has 1 N–H and O–H groups in total. The first-order chi connectivity index (χ1) is 12.6. The highest BCUT2D eigenvalue weighted by molar-refractivity contribution is 9.10. The van der Waals surface area contributed by atoms with Crippen LogP contribution in [-0.2, 0) is 16.1 Å². The molecule has 1 heterocycles. The number of carbonyl (C=O) groups is 1. The Bertz CT molecular complexity index is 850. The zero-order valence-corrected chi connectivity index (χ0v) is 15.8. The smallest absolute Gasteiger partial charge is 0.249 e. The number of halogens is 1. The lowest BCUT2D eigenvalue weighted by molar-refractivity contribution is -0.126. The minimum atomic E-state index is -0.403. The Morgan fingerprint density at radius 1 is 1.19 bits per heavy atom. The van der Waals surface area contributed by atoms with Gasteiger partial charge < -0.3 is 14.6 Å². The molecule has 134 valence electrons. The summed E-state index contributed by atoms with van der Waals surface area (Å²) in [6.07, 6.45) is 0. The third kappa shape index (κ3) is 5.00. The van der Waals surface area contributed by atoms with E-state index in [9.17, 15) is 4.79 Å². The number of nitrogens with zero attached hydrogens (tertiary/aromatic N) is 2. The van der Waals surface area contributed by atoms with Crippen molar-refractivity contribution in [1.82, 2.24) is 15.5 Å². The van der Waals surface area contributed by atoms with E-state index in [1.54, 1.807) is 6.92 Å². The van der Waals surface area contributed by atoms with E-state index in [4.69, 9.17) is 9.26 Å². The predicted molar refractivity (Wildman–Crippen MR) is 100 cm³/mol. The highest BCUT2D eigenvalue weighted by Gasteiger charge is 2.17. The summed E-state index contributed by atoms with van der Waals surface area (Å²) < 4.78 is 11.7. The molecule has 3 rings (SSSR count). The van der Waals surface area contributed by atoms with E-state index < -0.39 is 6.04 Å². The number of hydrogen-bond donors (Lipinski definition) is 1. The van der Waals surface area contributed by atoms with Gasteiger partial charge in [-0.2, -0.15) is 4.98 Å². The maximum Gasteiger partial charge on any atom is 0.249 e. The van der Waals surface area contributed by atoms with Crippen molar-refractivity contribution in [3.63, 3.8) is 0 Å². The van der Waals surface area contributed by atoms with Gasteiger partial charge in [0.25, 0.3) is 0 Å². The SMILES string of the molecule is C[C@@H](NC(=O)COCc1ccccc1)c1nc(-c2ccc(Br)cc2)no1. The average Bonchev–Trinajstić information content (AvgIpc) is 3.13. The average molecular weight is 416 g/mol. The summed E-state index contributed by atoms with van der Waals surface area (Å²) in [4.78, 5) is 16.3. The van der Waals surface area contributed by atoms with Crippen molar-refractivity contribution in [3.8, 4) is 11.4 Å². The number of amides is 1. The van der Waals surface area contributed by atoms with Gasteiger partial charge >= 0.3 is 0 Å². The third-order valence-corrected chi connectivity index (χ3v) is 4.17. The Morgan fingerprint density at radius 2 is 1.92 bits per heavy atom. The second kappa shape index (κ2) is 8.73. The van der Waals surface area contributed by atoms with Crippen LogP contribution in [0.2, 0.25) is 0 Å². The molecule has 0 saturated carbocycles. The van der Waals surface area contributed by atoms with Gasteiger partial charge in [-0.1, -0.05) is 51.4 Å². The lowest BCUT2D eigenvalue weighted by Gasteiger charge is -2.10. The normalized spacial score (nSPS) is 11.9. The van der Waals surface area contributed by atoms with E-state index >= 15 is 0 Å². The van der Waals surface area contributed by atoms with Crippen LogP contribution in [-0.4, -0.2) is 22.7 Å².